The van der Waals surface area contributed by atoms with Gasteiger partial charge in [-0.3, -0.25) is 4.79 Å². The average molecular weight is 343 g/mol. The van der Waals surface area contributed by atoms with Crippen molar-refractivity contribution >= 4 is 17.4 Å². The van der Waals surface area contributed by atoms with Crippen LogP contribution in [0.4, 0.5) is 11.5 Å². The topological polar surface area (TPSA) is 45.2 Å². The fourth-order valence-corrected chi connectivity index (χ4v) is 3.53. The number of aromatic nitrogens is 1. The highest BCUT2D eigenvalue weighted by molar-refractivity contribution is 6.00. The Morgan fingerprint density at radius 1 is 1.08 bits per heavy atom. The summed E-state index contributed by atoms with van der Waals surface area (Å²) in [5, 5.41) is 3.01. The van der Waals surface area contributed by atoms with Crippen molar-refractivity contribution in [1.29, 1.82) is 0 Å². The van der Waals surface area contributed by atoms with E-state index in [1.54, 1.807) is 6.20 Å². The van der Waals surface area contributed by atoms with E-state index in [1.807, 2.05) is 48.5 Å². The van der Waals surface area contributed by atoms with Crippen LogP contribution in [0.3, 0.4) is 0 Å². The lowest BCUT2D eigenvalue weighted by Gasteiger charge is -2.25. The fraction of sp³-hybridized carbons (Fsp3) is 0.182. The van der Waals surface area contributed by atoms with Crippen LogP contribution in [0, 0.1) is 0 Å². The number of fused-ring (bicyclic) bond motifs is 1. The van der Waals surface area contributed by atoms with Crippen LogP contribution in [0.1, 0.15) is 28.4 Å². The van der Waals surface area contributed by atoms with E-state index in [0.717, 1.165) is 23.5 Å². The number of nitrogens with zero attached hydrogens (tertiary/aromatic N) is 2. The zero-order chi connectivity index (χ0) is 17.9. The SMILES string of the molecule is CC1Cc2ccccc2N1c1ncccc1C(=O)NCc1ccccc1. The van der Waals surface area contributed by atoms with Crippen molar-refractivity contribution in [2.45, 2.75) is 25.9 Å². The molecular weight excluding hydrogens is 322 g/mol. The van der Waals surface area contributed by atoms with E-state index in [-0.39, 0.29) is 11.9 Å². The minimum Gasteiger partial charge on any atom is -0.348 e. The van der Waals surface area contributed by atoms with Crippen LogP contribution in [-0.4, -0.2) is 16.9 Å². The Labute approximate surface area is 153 Å². The number of hydrogen-bond acceptors (Lipinski definition) is 3. The van der Waals surface area contributed by atoms with Crippen LogP contribution < -0.4 is 10.2 Å². The van der Waals surface area contributed by atoms with Gasteiger partial charge in [-0.1, -0.05) is 48.5 Å². The monoisotopic (exact) mass is 343 g/mol. The van der Waals surface area contributed by atoms with Gasteiger partial charge in [-0.05, 0) is 42.7 Å². The molecular formula is C22H21N3O. The molecule has 2 heterocycles. The van der Waals surface area contributed by atoms with Gasteiger partial charge in [0.25, 0.3) is 5.91 Å². The highest BCUT2D eigenvalue weighted by Crippen LogP contribution is 2.38. The van der Waals surface area contributed by atoms with Crippen molar-refractivity contribution in [1.82, 2.24) is 10.3 Å². The molecule has 130 valence electrons. The number of carbonyl (C=O) groups excluding carboxylic acids is 1. The molecule has 1 aliphatic rings. The molecule has 0 saturated heterocycles. The number of carbonyl (C=O) groups is 1. The standard InChI is InChI=1S/C22H21N3O/c1-16-14-18-10-5-6-12-20(18)25(16)21-19(11-7-13-23-21)22(26)24-15-17-8-3-2-4-9-17/h2-13,16H,14-15H2,1H3,(H,24,26). The van der Waals surface area contributed by atoms with E-state index >= 15 is 0 Å². The Morgan fingerprint density at radius 2 is 1.85 bits per heavy atom. The molecule has 0 bridgehead atoms. The number of nitrogens with one attached hydrogen (secondary N) is 1. The van der Waals surface area contributed by atoms with Crippen molar-refractivity contribution in [2.24, 2.45) is 0 Å². The molecule has 0 saturated carbocycles. The summed E-state index contributed by atoms with van der Waals surface area (Å²) in [5.41, 5.74) is 4.11. The van der Waals surface area contributed by atoms with E-state index in [9.17, 15) is 4.79 Å². The zero-order valence-corrected chi connectivity index (χ0v) is 14.7. The second kappa shape index (κ2) is 7.00. The lowest BCUT2D eigenvalue weighted by molar-refractivity contribution is 0.0951. The van der Waals surface area contributed by atoms with Crippen molar-refractivity contribution in [2.75, 3.05) is 4.90 Å². The second-order valence-electron chi connectivity index (χ2n) is 6.59. The van der Waals surface area contributed by atoms with Gasteiger partial charge in [0.05, 0.1) is 5.56 Å². The van der Waals surface area contributed by atoms with Gasteiger partial charge in [-0.2, -0.15) is 0 Å². The van der Waals surface area contributed by atoms with Gasteiger partial charge in [0, 0.05) is 24.5 Å². The molecule has 1 atom stereocenters. The Hall–Kier alpha value is -3.14. The van der Waals surface area contributed by atoms with E-state index < -0.39 is 0 Å². The average Bonchev–Trinajstić information content (AvgIpc) is 3.02. The third-order valence-electron chi connectivity index (χ3n) is 4.76. The first-order chi connectivity index (χ1) is 12.7. The number of pyridine rings is 1. The highest BCUT2D eigenvalue weighted by Gasteiger charge is 2.30. The third kappa shape index (κ3) is 3.06. The number of amides is 1. The van der Waals surface area contributed by atoms with E-state index in [2.05, 4.69) is 40.3 Å². The van der Waals surface area contributed by atoms with Gasteiger partial charge in [0.15, 0.2) is 0 Å². The summed E-state index contributed by atoms with van der Waals surface area (Å²) in [7, 11) is 0. The second-order valence-corrected chi connectivity index (χ2v) is 6.59. The molecule has 0 radical (unpaired) electrons. The van der Waals surface area contributed by atoms with Crippen molar-refractivity contribution < 1.29 is 4.79 Å². The van der Waals surface area contributed by atoms with Gasteiger partial charge >= 0.3 is 0 Å². The van der Waals surface area contributed by atoms with Gasteiger partial charge < -0.3 is 10.2 Å². The number of hydrogen-bond donors (Lipinski definition) is 1. The molecule has 3 aromatic rings. The predicted molar refractivity (Wildman–Crippen MR) is 104 cm³/mol. The molecule has 1 N–H and O–H groups in total. The van der Waals surface area contributed by atoms with Crippen molar-refractivity contribution in [3.05, 3.63) is 89.6 Å². The summed E-state index contributed by atoms with van der Waals surface area (Å²) in [4.78, 5) is 19.6. The molecule has 4 nitrogen and oxygen atoms in total. The maximum Gasteiger partial charge on any atom is 0.255 e. The maximum atomic E-state index is 12.8. The Morgan fingerprint density at radius 3 is 2.69 bits per heavy atom. The van der Waals surface area contributed by atoms with Gasteiger partial charge in [0.2, 0.25) is 0 Å². The van der Waals surface area contributed by atoms with Gasteiger partial charge in [0.1, 0.15) is 5.82 Å². The molecule has 0 aliphatic carbocycles. The molecule has 0 spiro atoms. The first-order valence-corrected chi connectivity index (χ1v) is 8.88. The number of anilines is 2. The molecule has 1 aromatic heterocycles. The van der Waals surface area contributed by atoms with Crippen LogP contribution in [0.5, 0.6) is 0 Å². The largest absolute Gasteiger partial charge is 0.348 e. The van der Waals surface area contributed by atoms with Crippen LogP contribution >= 0.6 is 0 Å². The molecule has 1 aliphatic heterocycles. The zero-order valence-electron chi connectivity index (χ0n) is 14.7. The molecule has 4 heteroatoms. The number of benzene rings is 2. The predicted octanol–water partition coefficient (Wildman–Crippen LogP) is 4.09. The molecule has 1 unspecified atom stereocenters. The summed E-state index contributed by atoms with van der Waals surface area (Å²) >= 11 is 0. The van der Waals surface area contributed by atoms with Crippen LogP contribution in [0.25, 0.3) is 0 Å². The number of rotatable bonds is 4. The fourth-order valence-electron chi connectivity index (χ4n) is 3.53. The van der Waals surface area contributed by atoms with E-state index in [4.69, 9.17) is 0 Å². The lowest BCUT2D eigenvalue weighted by Crippen LogP contribution is -2.30. The lowest BCUT2D eigenvalue weighted by atomic mass is 10.1. The van der Waals surface area contributed by atoms with Crippen LogP contribution in [-0.2, 0) is 13.0 Å². The van der Waals surface area contributed by atoms with Crippen molar-refractivity contribution in [3.63, 3.8) is 0 Å². The summed E-state index contributed by atoms with van der Waals surface area (Å²) < 4.78 is 0. The highest BCUT2D eigenvalue weighted by atomic mass is 16.1. The first kappa shape index (κ1) is 16.3. The molecule has 0 fully saturated rings. The third-order valence-corrected chi connectivity index (χ3v) is 4.76. The number of para-hydroxylation sites is 1. The van der Waals surface area contributed by atoms with Gasteiger partial charge in [-0.25, -0.2) is 4.98 Å². The van der Waals surface area contributed by atoms with Crippen LogP contribution in [0.2, 0.25) is 0 Å². The first-order valence-electron chi connectivity index (χ1n) is 8.88. The Balaban J connectivity index is 1.62. The van der Waals surface area contributed by atoms with Gasteiger partial charge in [-0.15, -0.1) is 0 Å². The van der Waals surface area contributed by atoms with E-state index in [0.29, 0.717) is 12.1 Å². The molecule has 1 amide bonds. The normalized spacial score (nSPS) is 15.6. The summed E-state index contributed by atoms with van der Waals surface area (Å²) in [5.74, 6) is 0.615. The molecule has 2 aromatic carbocycles. The maximum absolute atomic E-state index is 12.8. The van der Waals surface area contributed by atoms with E-state index in [1.165, 1.54) is 5.56 Å². The Bertz CT molecular complexity index is 923. The molecule has 26 heavy (non-hydrogen) atoms. The summed E-state index contributed by atoms with van der Waals surface area (Å²) in [6.07, 6.45) is 2.70. The molecule has 4 rings (SSSR count). The smallest absolute Gasteiger partial charge is 0.255 e. The summed E-state index contributed by atoms with van der Waals surface area (Å²) in [6.45, 7) is 2.67. The van der Waals surface area contributed by atoms with Crippen molar-refractivity contribution in [3.8, 4) is 0 Å². The van der Waals surface area contributed by atoms with Crippen LogP contribution in [0.15, 0.2) is 72.9 Å². The summed E-state index contributed by atoms with van der Waals surface area (Å²) in [6, 6.07) is 22.2. The Kier molecular flexibility index (Phi) is 4.40. The minimum absolute atomic E-state index is 0.103. The quantitative estimate of drug-likeness (QED) is 0.776. The minimum atomic E-state index is -0.103.